The summed E-state index contributed by atoms with van der Waals surface area (Å²) < 4.78 is 5.50. The minimum Gasteiger partial charge on any atom is -0.469 e. The van der Waals surface area contributed by atoms with E-state index in [0.29, 0.717) is 47.5 Å². The minimum atomic E-state index is -0.292. The molecule has 0 radical (unpaired) electrons. The molecule has 2 N–H and O–H groups in total. The summed E-state index contributed by atoms with van der Waals surface area (Å²) in [4.78, 5) is 37.1. The monoisotopic (exact) mass is 400 g/mol. The molecule has 0 aliphatic heterocycles. The van der Waals surface area contributed by atoms with Crippen molar-refractivity contribution in [2.24, 2.45) is 0 Å². The largest absolute Gasteiger partial charge is 0.469 e. The van der Waals surface area contributed by atoms with Crippen molar-refractivity contribution in [3.05, 3.63) is 87.7 Å². The van der Waals surface area contributed by atoms with E-state index in [2.05, 4.69) is 32.4 Å². The summed E-state index contributed by atoms with van der Waals surface area (Å²) in [7, 11) is 0. The number of nitrogens with zero attached hydrogens (tertiary/aromatic N) is 2. The van der Waals surface area contributed by atoms with Crippen LogP contribution in [0.4, 0.5) is 5.95 Å². The molecule has 5 rings (SSSR count). The number of hydrogen-bond donors (Lipinski definition) is 2. The number of anilines is 1. The van der Waals surface area contributed by atoms with Crippen molar-refractivity contribution in [2.75, 3.05) is 11.9 Å². The Kier molecular flexibility index (Phi) is 4.63. The number of aromatic nitrogens is 3. The molecule has 7 nitrogen and oxygen atoms in total. The highest BCUT2D eigenvalue weighted by atomic mass is 16.3. The van der Waals surface area contributed by atoms with Gasteiger partial charge in [0.15, 0.2) is 11.4 Å². The maximum atomic E-state index is 12.9. The highest BCUT2D eigenvalue weighted by Crippen LogP contribution is 2.34. The Bertz CT molecular complexity index is 1260. The number of hydrogen-bond acceptors (Lipinski definition) is 6. The smallest absolute Gasteiger partial charge is 0.262 e. The third-order valence-electron chi connectivity index (χ3n) is 5.52. The third kappa shape index (κ3) is 3.39. The van der Waals surface area contributed by atoms with E-state index in [9.17, 15) is 9.59 Å². The Labute approximate surface area is 172 Å². The predicted octanol–water partition coefficient (Wildman–Crippen LogP) is 3.48. The lowest BCUT2D eigenvalue weighted by Crippen LogP contribution is -2.23. The molecule has 0 saturated carbocycles. The Morgan fingerprint density at radius 1 is 1.10 bits per heavy atom. The number of rotatable bonds is 5. The van der Waals surface area contributed by atoms with Crippen molar-refractivity contribution in [3.8, 4) is 0 Å². The van der Waals surface area contributed by atoms with Crippen LogP contribution in [0, 0.1) is 0 Å². The van der Waals surface area contributed by atoms with E-state index < -0.39 is 0 Å². The number of carbonyl (C=O) groups is 1. The highest BCUT2D eigenvalue weighted by Gasteiger charge is 2.30. The van der Waals surface area contributed by atoms with Gasteiger partial charge in [0.05, 0.1) is 11.6 Å². The lowest BCUT2D eigenvalue weighted by Gasteiger charge is -2.22. The number of pyridine rings is 1. The summed E-state index contributed by atoms with van der Waals surface area (Å²) in [5, 5.41) is 3.54. The second-order valence-electron chi connectivity index (χ2n) is 7.47. The Morgan fingerprint density at radius 2 is 1.97 bits per heavy atom. The molecule has 150 valence electrons. The molecule has 1 aliphatic rings. The third-order valence-corrected chi connectivity index (χ3v) is 5.52. The molecule has 0 unspecified atom stereocenters. The van der Waals surface area contributed by atoms with Crippen molar-refractivity contribution < 1.29 is 9.21 Å². The molecule has 1 aliphatic carbocycles. The zero-order chi connectivity index (χ0) is 20.5. The Hall–Kier alpha value is -3.74. The van der Waals surface area contributed by atoms with Gasteiger partial charge >= 0.3 is 0 Å². The Balaban J connectivity index is 1.45. The molecular formula is C23H20N4O3. The first kappa shape index (κ1) is 18.3. The van der Waals surface area contributed by atoms with E-state index >= 15 is 0 Å². The van der Waals surface area contributed by atoms with Crippen molar-refractivity contribution in [1.29, 1.82) is 0 Å². The molecule has 1 aromatic carbocycles. The molecule has 4 aromatic rings. The maximum Gasteiger partial charge on any atom is 0.262 e. The molecule has 0 spiro atoms. The second-order valence-corrected chi connectivity index (χ2v) is 7.47. The minimum absolute atomic E-state index is 0.0310. The average molecular weight is 400 g/mol. The van der Waals surface area contributed by atoms with Crippen LogP contribution in [0.15, 0.2) is 64.1 Å². The summed E-state index contributed by atoms with van der Waals surface area (Å²) >= 11 is 0. The fourth-order valence-corrected chi connectivity index (χ4v) is 4.05. The molecule has 0 amide bonds. The SMILES string of the molecule is O=C1C[C@@H](c2ccco2)Cc2c1cnc1nc(NCCc3ccccc3)[nH]c(=O)c21. The van der Waals surface area contributed by atoms with Crippen LogP contribution in [-0.2, 0) is 12.8 Å². The lowest BCUT2D eigenvalue weighted by molar-refractivity contribution is 0.0960. The standard InChI is InChI=1S/C23H20N4O3/c28-18-12-15(19-7-4-10-30-19)11-16-17(18)13-25-21-20(16)22(29)27-23(26-21)24-9-8-14-5-2-1-3-6-14/h1-7,10,13,15H,8-9,11-12H2,(H2,24,25,26,27,29)/t15-/m0/s1. The zero-order valence-electron chi connectivity index (χ0n) is 16.2. The van der Waals surface area contributed by atoms with Crippen LogP contribution in [0.3, 0.4) is 0 Å². The molecule has 1 atom stereocenters. The van der Waals surface area contributed by atoms with Gasteiger partial charge in [-0.2, -0.15) is 4.98 Å². The van der Waals surface area contributed by atoms with Gasteiger partial charge in [0.25, 0.3) is 5.56 Å². The van der Waals surface area contributed by atoms with E-state index in [1.165, 1.54) is 5.56 Å². The van der Waals surface area contributed by atoms with Crippen LogP contribution in [0.2, 0.25) is 0 Å². The topological polar surface area (TPSA) is 101 Å². The number of aromatic amines is 1. The van der Waals surface area contributed by atoms with Gasteiger partial charge in [0, 0.05) is 30.6 Å². The summed E-state index contributed by atoms with van der Waals surface area (Å²) in [5.74, 6) is 1.01. The van der Waals surface area contributed by atoms with E-state index in [1.54, 1.807) is 12.5 Å². The second kappa shape index (κ2) is 7.59. The van der Waals surface area contributed by atoms with E-state index in [0.717, 1.165) is 12.2 Å². The molecule has 3 heterocycles. The van der Waals surface area contributed by atoms with Crippen molar-refractivity contribution in [1.82, 2.24) is 15.0 Å². The number of Topliss-reactive ketones (excluding diaryl/α,β-unsaturated/α-hetero) is 1. The van der Waals surface area contributed by atoms with Crippen LogP contribution < -0.4 is 10.9 Å². The van der Waals surface area contributed by atoms with Crippen LogP contribution in [0.5, 0.6) is 0 Å². The van der Waals surface area contributed by atoms with Gasteiger partial charge in [-0.1, -0.05) is 30.3 Å². The molecule has 3 aromatic heterocycles. The lowest BCUT2D eigenvalue weighted by atomic mass is 9.81. The van der Waals surface area contributed by atoms with Crippen molar-refractivity contribution in [2.45, 2.75) is 25.2 Å². The molecule has 30 heavy (non-hydrogen) atoms. The summed E-state index contributed by atoms with van der Waals surface area (Å²) in [5.41, 5.74) is 2.44. The van der Waals surface area contributed by atoms with Gasteiger partial charge < -0.3 is 9.73 Å². The summed E-state index contributed by atoms with van der Waals surface area (Å²) in [6.07, 6.45) is 4.83. The van der Waals surface area contributed by atoms with Gasteiger partial charge in [-0.15, -0.1) is 0 Å². The predicted molar refractivity (Wildman–Crippen MR) is 113 cm³/mol. The number of ketones is 1. The first-order valence-corrected chi connectivity index (χ1v) is 9.95. The molecule has 0 saturated heterocycles. The number of carbonyl (C=O) groups excluding carboxylic acids is 1. The number of furan rings is 1. The van der Waals surface area contributed by atoms with Crippen molar-refractivity contribution in [3.63, 3.8) is 0 Å². The number of H-pyrrole nitrogens is 1. The average Bonchev–Trinajstić information content (AvgIpc) is 3.29. The fraction of sp³-hybridized carbons (Fsp3) is 0.217. The summed E-state index contributed by atoms with van der Waals surface area (Å²) in [6.45, 7) is 0.627. The normalized spacial score (nSPS) is 15.9. The van der Waals surface area contributed by atoms with Crippen LogP contribution in [-0.4, -0.2) is 27.3 Å². The maximum absolute atomic E-state index is 12.9. The fourth-order valence-electron chi connectivity index (χ4n) is 4.05. The van der Waals surface area contributed by atoms with Gasteiger partial charge in [-0.25, -0.2) is 4.98 Å². The first-order chi connectivity index (χ1) is 14.7. The van der Waals surface area contributed by atoms with Crippen LogP contribution >= 0.6 is 0 Å². The number of nitrogens with one attached hydrogen (secondary N) is 2. The van der Waals surface area contributed by atoms with E-state index in [4.69, 9.17) is 4.42 Å². The first-order valence-electron chi connectivity index (χ1n) is 9.95. The summed E-state index contributed by atoms with van der Waals surface area (Å²) in [6, 6.07) is 13.8. The van der Waals surface area contributed by atoms with Gasteiger partial charge in [0.2, 0.25) is 5.95 Å². The molecule has 0 fully saturated rings. The quantitative estimate of drug-likeness (QED) is 0.532. The molecule has 7 heteroatoms. The van der Waals surface area contributed by atoms with E-state index in [-0.39, 0.29) is 17.3 Å². The highest BCUT2D eigenvalue weighted by molar-refractivity contribution is 6.02. The molecule has 0 bridgehead atoms. The van der Waals surface area contributed by atoms with E-state index in [1.807, 2.05) is 30.3 Å². The number of benzene rings is 1. The van der Waals surface area contributed by atoms with Gasteiger partial charge in [0.1, 0.15) is 5.76 Å². The van der Waals surface area contributed by atoms with Gasteiger partial charge in [-0.3, -0.25) is 14.6 Å². The zero-order valence-corrected chi connectivity index (χ0v) is 16.2. The molecular weight excluding hydrogens is 380 g/mol. The van der Waals surface area contributed by atoms with Crippen LogP contribution in [0.1, 0.15) is 39.6 Å². The number of fused-ring (bicyclic) bond motifs is 3. The van der Waals surface area contributed by atoms with Gasteiger partial charge in [-0.05, 0) is 36.1 Å². The Morgan fingerprint density at radius 3 is 2.77 bits per heavy atom. The van der Waals surface area contributed by atoms with Crippen LogP contribution in [0.25, 0.3) is 11.0 Å². The van der Waals surface area contributed by atoms with Crippen molar-refractivity contribution >= 4 is 22.8 Å².